The first-order chi connectivity index (χ1) is 8.82. The molecule has 0 aliphatic heterocycles. The predicted octanol–water partition coefficient (Wildman–Crippen LogP) is 1.85. The van der Waals surface area contributed by atoms with E-state index in [9.17, 15) is 14.9 Å². The summed E-state index contributed by atoms with van der Waals surface area (Å²) >= 11 is 0. The summed E-state index contributed by atoms with van der Waals surface area (Å²) in [4.78, 5) is 23.7. The van der Waals surface area contributed by atoms with Gasteiger partial charge < -0.3 is 10.6 Å². The van der Waals surface area contributed by atoms with Crippen LogP contribution in [0.2, 0.25) is 0 Å². The van der Waals surface area contributed by atoms with E-state index in [0.717, 1.165) is 5.56 Å². The highest BCUT2D eigenvalue weighted by Crippen LogP contribution is 2.23. The quantitative estimate of drug-likeness (QED) is 0.650. The van der Waals surface area contributed by atoms with Gasteiger partial charge >= 0.3 is 0 Å². The van der Waals surface area contributed by atoms with Gasteiger partial charge in [-0.25, -0.2) is 0 Å². The highest BCUT2D eigenvalue weighted by atomic mass is 16.6. The van der Waals surface area contributed by atoms with Gasteiger partial charge in [0.2, 0.25) is 5.91 Å². The molecule has 0 aliphatic carbocycles. The predicted molar refractivity (Wildman–Crippen MR) is 72.5 cm³/mol. The average Bonchev–Trinajstić information content (AvgIpc) is 2.36. The van der Waals surface area contributed by atoms with Crippen molar-refractivity contribution in [2.75, 3.05) is 7.05 Å². The zero-order valence-electron chi connectivity index (χ0n) is 11.4. The molecule has 0 aliphatic rings. The molecule has 19 heavy (non-hydrogen) atoms. The van der Waals surface area contributed by atoms with Crippen LogP contribution in [0.25, 0.3) is 0 Å². The van der Waals surface area contributed by atoms with Crippen molar-refractivity contribution < 1.29 is 9.72 Å². The molecule has 0 heterocycles. The van der Waals surface area contributed by atoms with E-state index in [-0.39, 0.29) is 30.1 Å². The van der Waals surface area contributed by atoms with Gasteiger partial charge in [-0.1, -0.05) is 12.1 Å². The van der Waals surface area contributed by atoms with Crippen LogP contribution in [0.1, 0.15) is 31.9 Å². The fourth-order valence-electron chi connectivity index (χ4n) is 1.76. The van der Waals surface area contributed by atoms with Crippen molar-refractivity contribution in [3.8, 4) is 0 Å². The Morgan fingerprint density at radius 1 is 1.47 bits per heavy atom. The molecule has 1 aromatic rings. The lowest BCUT2D eigenvalue weighted by molar-refractivity contribution is -0.384. The molecular formula is C13H19N3O3. The van der Waals surface area contributed by atoms with Gasteiger partial charge in [0.1, 0.15) is 0 Å². The van der Waals surface area contributed by atoms with Gasteiger partial charge in [-0.2, -0.15) is 0 Å². The molecule has 2 N–H and O–H groups in total. The molecular weight excluding hydrogens is 246 g/mol. The van der Waals surface area contributed by atoms with E-state index >= 15 is 0 Å². The average molecular weight is 265 g/mol. The summed E-state index contributed by atoms with van der Waals surface area (Å²) in [5.74, 6) is -0.0750. The first kappa shape index (κ1) is 15.1. The summed E-state index contributed by atoms with van der Waals surface area (Å²) in [6.07, 6.45) is 0.260. The number of nitro benzene ring substituents is 1. The Morgan fingerprint density at radius 2 is 2.11 bits per heavy atom. The fourth-order valence-corrected chi connectivity index (χ4v) is 1.76. The minimum atomic E-state index is -0.444. The number of carbonyl (C=O) groups excluding carboxylic acids is 1. The fraction of sp³-hybridized carbons (Fsp3) is 0.462. The minimum Gasteiger partial charge on any atom is -0.339 e. The van der Waals surface area contributed by atoms with Crippen LogP contribution in [-0.2, 0) is 4.79 Å². The van der Waals surface area contributed by atoms with Crippen molar-refractivity contribution in [3.63, 3.8) is 0 Å². The molecule has 0 saturated carbocycles. The second kappa shape index (κ2) is 6.29. The molecule has 1 rings (SSSR count). The summed E-state index contributed by atoms with van der Waals surface area (Å²) in [5, 5.41) is 10.7. The highest BCUT2D eigenvalue weighted by Gasteiger charge is 2.19. The van der Waals surface area contributed by atoms with Crippen molar-refractivity contribution >= 4 is 11.6 Å². The standard InChI is InChI=1S/C13H19N3O3/c1-9(14)7-13(17)15(3)10(2)11-5-4-6-12(8-11)16(18)19/h4-6,8-10H,7,14H2,1-3H3. The molecule has 0 fully saturated rings. The summed E-state index contributed by atoms with van der Waals surface area (Å²) in [7, 11) is 1.67. The molecule has 0 saturated heterocycles. The normalized spacial score (nSPS) is 13.7. The Balaban J connectivity index is 2.87. The third-order valence-corrected chi connectivity index (χ3v) is 3.03. The number of benzene rings is 1. The van der Waals surface area contributed by atoms with Crippen molar-refractivity contribution in [1.82, 2.24) is 4.90 Å². The Bertz CT molecular complexity index is 474. The van der Waals surface area contributed by atoms with Crippen LogP contribution in [0, 0.1) is 10.1 Å². The Morgan fingerprint density at radius 3 is 2.63 bits per heavy atom. The number of nitrogens with zero attached hydrogens (tertiary/aromatic N) is 2. The van der Waals surface area contributed by atoms with Crippen LogP contribution in [0.3, 0.4) is 0 Å². The van der Waals surface area contributed by atoms with Crippen LogP contribution in [0.5, 0.6) is 0 Å². The molecule has 0 radical (unpaired) electrons. The Labute approximate surface area is 112 Å². The first-order valence-corrected chi connectivity index (χ1v) is 6.08. The lowest BCUT2D eigenvalue weighted by atomic mass is 10.1. The van der Waals surface area contributed by atoms with E-state index in [4.69, 9.17) is 5.73 Å². The molecule has 0 bridgehead atoms. The van der Waals surface area contributed by atoms with E-state index in [0.29, 0.717) is 0 Å². The maximum Gasteiger partial charge on any atom is 0.269 e. The molecule has 2 atom stereocenters. The minimum absolute atomic E-state index is 0.0254. The van der Waals surface area contributed by atoms with Gasteiger partial charge in [0.05, 0.1) is 11.0 Å². The van der Waals surface area contributed by atoms with E-state index in [2.05, 4.69) is 0 Å². The summed E-state index contributed by atoms with van der Waals surface area (Å²) < 4.78 is 0. The number of amides is 1. The maximum atomic E-state index is 11.9. The van der Waals surface area contributed by atoms with Crippen molar-refractivity contribution in [2.45, 2.75) is 32.4 Å². The molecule has 104 valence electrons. The number of carbonyl (C=O) groups is 1. The Hall–Kier alpha value is -1.95. The van der Waals surface area contributed by atoms with Gasteiger partial charge in [0, 0.05) is 31.6 Å². The van der Waals surface area contributed by atoms with Gasteiger partial charge in [0.15, 0.2) is 0 Å². The third kappa shape index (κ3) is 4.03. The smallest absolute Gasteiger partial charge is 0.269 e. The van der Waals surface area contributed by atoms with Gasteiger partial charge in [-0.05, 0) is 19.4 Å². The zero-order chi connectivity index (χ0) is 14.6. The van der Waals surface area contributed by atoms with E-state index in [1.807, 2.05) is 6.92 Å². The SMILES string of the molecule is CC(N)CC(=O)N(C)C(C)c1cccc([N+](=O)[O-])c1. The monoisotopic (exact) mass is 265 g/mol. The number of rotatable bonds is 5. The lowest BCUT2D eigenvalue weighted by Crippen LogP contribution is -2.33. The number of nitro groups is 1. The highest BCUT2D eigenvalue weighted by molar-refractivity contribution is 5.77. The number of nitrogens with two attached hydrogens (primary N) is 1. The summed E-state index contributed by atoms with van der Waals surface area (Å²) in [6, 6.07) is 5.87. The number of hydrogen-bond acceptors (Lipinski definition) is 4. The summed E-state index contributed by atoms with van der Waals surface area (Å²) in [6.45, 7) is 3.60. The second-order valence-electron chi connectivity index (χ2n) is 4.71. The van der Waals surface area contributed by atoms with Crippen LogP contribution in [0.15, 0.2) is 24.3 Å². The van der Waals surface area contributed by atoms with Crippen LogP contribution < -0.4 is 5.73 Å². The first-order valence-electron chi connectivity index (χ1n) is 6.08. The van der Waals surface area contributed by atoms with E-state index in [1.165, 1.54) is 12.1 Å². The van der Waals surface area contributed by atoms with Crippen LogP contribution in [-0.4, -0.2) is 28.8 Å². The van der Waals surface area contributed by atoms with Gasteiger partial charge in [-0.15, -0.1) is 0 Å². The van der Waals surface area contributed by atoms with Crippen molar-refractivity contribution in [1.29, 1.82) is 0 Å². The molecule has 6 nitrogen and oxygen atoms in total. The topological polar surface area (TPSA) is 89.5 Å². The Kier molecular flexibility index (Phi) is 5.00. The number of hydrogen-bond donors (Lipinski definition) is 1. The largest absolute Gasteiger partial charge is 0.339 e. The maximum absolute atomic E-state index is 11.9. The molecule has 0 spiro atoms. The number of non-ortho nitro benzene ring substituents is 1. The van der Waals surface area contributed by atoms with Crippen LogP contribution >= 0.6 is 0 Å². The summed E-state index contributed by atoms with van der Waals surface area (Å²) in [5.41, 5.74) is 6.35. The molecule has 1 aromatic carbocycles. The van der Waals surface area contributed by atoms with Gasteiger partial charge in [0.25, 0.3) is 5.69 Å². The third-order valence-electron chi connectivity index (χ3n) is 3.03. The lowest BCUT2D eigenvalue weighted by Gasteiger charge is -2.26. The molecule has 6 heteroatoms. The van der Waals surface area contributed by atoms with Crippen LogP contribution in [0.4, 0.5) is 5.69 Å². The van der Waals surface area contributed by atoms with E-state index in [1.54, 1.807) is 31.0 Å². The van der Waals surface area contributed by atoms with Crippen molar-refractivity contribution in [3.05, 3.63) is 39.9 Å². The van der Waals surface area contributed by atoms with E-state index < -0.39 is 4.92 Å². The second-order valence-corrected chi connectivity index (χ2v) is 4.71. The molecule has 2 unspecified atom stereocenters. The zero-order valence-corrected chi connectivity index (χ0v) is 11.4. The molecule has 1 amide bonds. The molecule has 0 aromatic heterocycles. The van der Waals surface area contributed by atoms with Crippen molar-refractivity contribution in [2.24, 2.45) is 5.73 Å². The van der Waals surface area contributed by atoms with Gasteiger partial charge in [-0.3, -0.25) is 14.9 Å².